The molecule has 20 heavy (non-hydrogen) atoms. The van der Waals surface area contributed by atoms with Gasteiger partial charge in [-0.3, -0.25) is 0 Å². The third-order valence-corrected chi connectivity index (χ3v) is 5.24. The standard InChI is InChI=1S/C14H13Cl4NS/c1-2-6-19-13(9-7-11(16)20-14(9)18)8-4-3-5-10(15)12(8)17/h3-5,7,13,19H,2,6H2,1H3. The number of thiophene rings is 1. The van der Waals surface area contributed by atoms with Gasteiger partial charge in [0.2, 0.25) is 0 Å². The first-order chi connectivity index (χ1) is 9.54. The van der Waals surface area contributed by atoms with Gasteiger partial charge >= 0.3 is 0 Å². The van der Waals surface area contributed by atoms with Gasteiger partial charge in [-0.1, -0.05) is 65.5 Å². The summed E-state index contributed by atoms with van der Waals surface area (Å²) in [4.78, 5) is 0. The van der Waals surface area contributed by atoms with Crippen LogP contribution in [0.2, 0.25) is 18.7 Å². The molecule has 0 bridgehead atoms. The molecule has 108 valence electrons. The zero-order valence-electron chi connectivity index (χ0n) is 10.7. The van der Waals surface area contributed by atoms with Gasteiger partial charge in [0.1, 0.15) is 0 Å². The topological polar surface area (TPSA) is 12.0 Å². The quantitative estimate of drug-likeness (QED) is 0.639. The van der Waals surface area contributed by atoms with E-state index >= 15 is 0 Å². The van der Waals surface area contributed by atoms with E-state index < -0.39 is 0 Å². The maximum Gasteiger partial charge on any atom is 0.0995 e. The van der Waals surface area contributed by atoms with Crippen molar-refractivity contribution in [2.24, 2.45) is 0 Å². The van der Waals surface area contributed by atoms with Crippen LogP contribution in [-0.4, -0.2) is 6.54 Å². The molecule has 1 aromatic carbocycles. The molecule has 0 amide bonds. The lowest BCUT2D eigenvalue weighted by Crippen LogP contribution is -2.23. The van der Waals surface area contributed by atoms with Crippen LogP contribution in [0, 0.1) is 0 Å². The van der Waals surface area contributed by atoms with Gasteiger partial charge in [-0.05, 0) is 30.7 Å². The van der Waals surface area contributed by atoms with Crippen molar-refractivity contribution in [3.8, 4) is 0 Å². The zero-order chi connectivity index (χ0) is 14.7. The highest BCUT2D eigenvalue weighted by atomic mass is 35.5. The number of hydrogen-bond acceptors (Lipinski definition) is 2. The van der Waals surface area contributed by atoms with Crippen LogP contribution in [-0.2, 0) is 0 Å². The highest BCUT2D eigenvalue weighted by Crippen LogP contribution is 2.40. The van der Waals surface area contributed by atoms with Crippen molar-refractivity contribution in [2.45, 2.75) is 19.4 Å². The monoisotopic (exact) mass is 367 g/mol. The molecule has 1 nitrogen and oxygen atoms in total. The third-order valence-electron chi connectivity index (χ3n) is 2.88. The van der Waals surface area contributed by atoms with Crippen LogP contribution in [0.3, 0.4) is 0 Å². The van der Waals surface area contributed by atoms with Gasteiger partial charge in [0, 0.05) is 5.56 Å². The second-order valence-corrected chi connectivity index (χ2v) is 7.38. The number of benzene rings is 1. The summed E-state index contributed by atoms with van der Waals surface area (Å²) in [5, 5.41) is 4.52. The molecule has 0 saturated carbocycles. The van der Waals surface area contributed by atoms with Crippen LogP contribution in [0.25, 0.3) is 0 Å². The lowest BCUT2D eigenvalue weighted by Gasteiger charge is -2.20. The van der Waals surface area contributed by atoms with Crippen molar-refractivity contribution in [3.63, 3.8) is 0 Å². The fraction of sp³-hybridized carbons (Fsp3) is 0.286. The summed E-state index contributed by atoms with van der Waals surface area (Å²) < 4.78 is 1.33. The maximum absolute atomic E-state index is 6.33. The molecule has 0 spiro atoms. The van der Waals surface area contributed by atoms with Gasteiger partial charge < -0.3 is 5.32 Å². The van der Waals surface area contributed by atoms with Crippen LogP contribution in [0.5, 0.6) is 0 Å². The predicted octanol–water partition coefficient (Wildman–Crippen LogP) is 6.45. The van der Waals surface area contributed by atoms with Gasteiger partial charge in [-0.15, -0.1) is 11.3 Å². The van der Waals surface area contributed by atoms with Crippen LogP contribution >= 0.6 is 57.7 Å². The van der Waals surface area contributed by atoms with E-state index in [4.69, 9.17) is 46.4 Å². The number of hydrogen-bond donors (Lipinski definition) is 1. The zero-order valence-corrected chi connectivity index (χ0v) is 14.6. The van der Waals surface area contributed by atoms with E-state index in [2.05, 4.69) is 12.2 Å². The summed E-state index contributed by atoms with van der Waals surface area (Å²) in [7, 11) is 0. The largest absolute Gasteiger partial charge is 0.306 e. The highest BCUT2D eigenvalue weighted by Gasteiger charge is 2.22. The molecule has 0 aliphatic carbocycles. The Kier molecular flexibility index (Phi) is 6.03. The molecule has 1 atom stereocenters. The van der Waals surface area contributed by atoms with Crippen molar-refractivity contribution in [1.82, 2.24) is 5.32 Å². The van der Waals surface area contributed by atoms with E-state index in [1.165, 1.54) is 11.3 Å². The second kappa shape index (κ2) is 7.35. The molecule has 2 rings (SSSR count). The molecular formula is C14H13Cl4NS. The molecule has 0 saturated heterocycles. The van der Waals surface area contributed by atoms with Crippen molar-refractivity contribution < 1.29 is 0 Å². The molecule has 1 aromatic heterocycles. The van der Waals surface area contributed by atoms with E-state index in [1.54, 1.807) is 6.07 Å². The maximum atomic E-state index is 6.33. The van der Waals surface area contributed by atoms with Gasteiger partial charge in [-0.25, -0.2) is 0 Å². The Morgan fingerprint density at radius 2 is 1.90 bits per heavy atom. The van der Waals surface area contributed by atoms with Crippen LogP contribution < -0.4 is 5.32 Å². The van der Waals surface area contributed by atoms with E-state index in [9.17, 15) is 0 Å². The Morgan fingerprint density at radius 3 is 2.50 bits per heavy atom. The average Bonchev–Trinajstić information content (AvgIpc) is 2.74. The average molecular weight is 369 g/mol. The Labute approximate surface area is 142 Å². The molecule has 0 aliphatic rings. The lowest BCUT2D eigenvalue weighted by molar-refractivity contribution is 0.600. The lowest BCUT2D eigenvalue weighted by atomic mass is 10.0. The van der Waals surface area contributed by atoms with Gasteiger partial charge in [0.25, 0.3) is 0 Å². The Morgan fingerprint density at radius 1 is 1.15 bits per heavy atom. The SMILES string of the molecule is CCCNC(c1cc(Cl)sc1Cl)c1cccc(Cl)c1Cl. The van der Waals surface area contributed by atoms with Crippen LogP contribution in [0.15, 0.2) is 24.3 Å². The molecule has 2 aromatic rings. The normalized spacial score (nSPS) is 12.7. The van der Waals surface area contributed by atoms with Crippen molar-refractivity contribution in [1.29, 1.82) is 0 Å². The first-order valence-electron chi connectivity index (χ1n) is 6.16. The molecule has 0 aliphatic heterocycles. The van der Waals surface area contributed by atoms with Crippen molar-refractivity contribution >= 4 is 57.7 Å². The molecule has 0 radical (unpaired) electrons. The van der Waals surface area contributed by atoms with Gasteiger partial charge in [0.15, 0.2) is 0 Å². The second-order valence-electron chi connectivity index (χ2n) is 4.31. The summed E-state index contributed by atoms with van der Waals surface area (Å²) >= 11 is 26.1. The first-order valence-corrected chi connectivity index (χ1v) is 8.49. The van der Waals surface area contributed by atoms with Gasteiger partial charge in [-0.2, -0.15) is 0 Å². The molecule has 6 heteroatoms. The van der Waals surface area contributed by atoms with Gasteiger partial charge in [0.05, 0.1) is 24.8 Å². The minimum atomic E-state index is -0.114. The van der Waals surface area contributed by atoms with E-state index in [0.29, 0.717) is 18.7 Å². The summed E-state index contributed by atoms with van der Waals surface area (Å²) in [6, 6.07) is 7.36. The summed E-state index contributed by atoms with van der Waals surface area (Å²) in [6.07, 6.45) is 1.00. The van der Waals surface area contributed by atoms with Crippen LogP contribution in [0.1, 0.15) is 30.5 Å². The molecule has 1 N–H and O–H groups in total. The third kappa shape index (κ3) is 3.62. The molecule has 1 unspecified atom stereocenters. The Balaban J connectivity index is 2.47. The van der Waals surface area contributed by atoms with E-state index in [-0.39, 0.29) is 6.04 Å². The first kappa shape index (κ1) is 16.4. The van der Waals surface area contributed by atoms with E-state index in [0.717, 1.165) is 24.1 Å². The molecular weight excluding hydrogens is 356 g/mol. The van der Waals surface area contributed by atoms with Crippen molar-refractivity contribution in [2.75, 3.05) is 6.54 Å². The fourth-order valence-corrected chi connectivity index (χ4v) is 3.92. The fourth-order valence-electron chi connectivity index (χ4n) is 1.97. The number of nitrogens with one attached hydrogen (secondary N) is 1. The minimum absolute atomic E-state index is 0.114. The smallest absolute Gasteiger partial charge is 0.0995 e. The van der Waals surface area contributed by atoms with E-state index in [1.807, 2.05) is 18.2 Å². The summed E-state index contributed by atoms with van der Waals surface area (Å²) in [6.45, 7) is 2.95. The highest BCUT2D eigenvalue weighted by molar-refractivity contribution is 7.20. The summed E-state index contributed by atoms with van der Waals surface area (Å²) in [5.74, 6) is 0. The molecule has 0 fully saturated rings. The Hall–Kier alpha value is 0.0400. The number of rotatable bonds is 5. The molecule has 1 heterocycles. The number of halogens is 4. The Bertz CT molecular complexity index is 597. The van der Waals surface area contributed by atoms with Crippen molar-refractivity contribution in [3.05, 3.63) is 54.1 Å². The minimum Gasteiger partial charge on any atom is -0.306 e. The predicted molar refractivity (Wildman–Crippen MR) is 90.9 cm³/mol. The van der Waals surface area contributed by atoms with Crippen LogP contribution in [0.4, 0.5) is 0 Å². The summed E-state index contributed by atoms with van der Waals surface area (Å²) in [5.41, 5.74) is 1.84.